The summed E-state index contributed by atoms with van der Waals surface area (Å²) in [4.78, 5) is 2.17. The van der Waals surface area contributed by atoms with Crippen molar-refractivity contribution in [3.8, 4) is 0 Å². The summed E-state index contributed by atoms with van der Waals surface area (Å²) >= 11 is -0.523. The highest BCUT2D eigenvalue weighted by Gasteiger charge is 2.51. The van der Waals surface area contributed by atoms with Crippen LogP contribution in [0.2, 0.25) is 0 Å². The quantitative estimate of drug-likeness (QED) is 0.334. The highest BCUT2D eigenvalue weighted by Crippen LogP contribution is 2.39. The number of thiophene rings is 1. The Bertz CT molecular complexity index is 1300. The number of aliphatic hydroxyl groups is 1. The van der Waals surface area contributed by atoms with E-state index in [1.807, 2.05) is 0 Å². The van der Waals surface area contributed by atoms with E-state index in [2.05, 4.69) is 0 Å². The molecule has 13 heteroatoms. The van der Waals surface area contributed by atoms with Crippen LogP contribution in [0.4, 0.5) is 23.2 Å². The van der Waals surface area contributed by atoms with E-state index in [9.17, 15) is 35.6 Å². The molecular formula is C24H24F4N2O4S3. The molecule has 1 aliphatic rings. The zero-order valence-electron chi connectivity index (χ0n) is 19.6. The normalized spacial score (nSPS) is 20.0. The summed E-state index contributed by atoms with van der Waals surface area (Å²) in [6.07, 6.45) is -4.87. The molecule has 37 heavy (non-hydrogen) atoms. The van der Waals surface area contributed by atoms with E-state index in [1.165, 1.54) is 58.9 Å². The molecule has 4 rings (SSSR count). The van der Waals surface area contributed by atoms with E-state index in [1.54, 1.807) is 16.3 Å². The van der Waals surface area contributed by atoms with Gasteiger partial charge in [0.2, 0.25) is 0 Å². The van der Waals surface area contributed by atoms with Crippen LogP contribution < -0.4 is 4.90 Å². The molecule has 0 bridgehead atoms. The standard InChI is InChI=1S/C24H24F4N2O4S3/c1-23(31,24(26,27)28)17-4-8-19(9-5-17)30-13-12-29(37(33,34)22-3-2-14-35-22)15-20(30)16-36(32)21-10-6-18(25)7-11-21/h2-11,14,20,31H,12-13,15-16H2,1H3/t20-,23-,36+/m1/s1. The van der Waals surface area contributed by atoms with Gasteiger partial charge in [-0.25, -0.2) is 12.8 Å². The maximum absolute atomic E-state index is 13.3. The van der Waals surface area contributed by atoms with Crippen molar-refractivity contribution in [2.75, 3.05) is 30.3 Å². The van der Waals surface area contributed by atoms with Gasteiger partial charge in [-0.2, -0.15) is 17.5 Å². The third-order valence-corrected chi connectivity index (χ3v) is 11.0. The van der Waals surface area contributed by atoms with Crippen LogP contribution >= 0.6 is 11.3 Å². The molecule has 2 aromatic carbocycles. The van der Waals surface area contributed by atoms with Gasteiger partial charge in [0.05, 0.1) is 6.04 Å². The van der Waals surface area contributed by atoms with Gasteiger partial charge in [0.25, 0.3) is 10.0 Å². The molecule has 0 radical (unpaired) electrons. The van der Waals surface area contributed by atoms with Crippen molar-refractivity contribution in [3.05, 3.63) is 77.4 Å². The van der Waals surface area contributed by atoms with Crippen LogP contribution in [0.5, 0.6) is 0 Å². The second-order valence-corrected chi connectivity index (χ2v) is 13.3. The Morgan fingerprint density at radius 3 is 2.30 bits per heavy atom. The number of rotatable bonds is 7. The van der Waals surface area contributed by atoms with Gasteiger partial charge in [0.1, 0.15) is 15.8 Å². The summed E-state index contributed by atoms with van der Waals surface area (Å²) in [5.41, 5.74) is -2.88. The van der Waals surface area contributed by atoms with Crippen molar-refractivity contribution in [1.29, 1.82) is 0 Å². The van der Waals surface area contributed by atoms with E-state index >= 15 is 0 Å². The third kappa shape index (κ3) is 5.81. The molecule has 1 aliphatic heterocycles. The Kier molecular flexibility index (Phi) is 7.94. The molecule has 1 saturated heterocycles. The maximum Gasteiger partial charge on any atom is 0.421 e. The van der Waals surface area contributed by atoms with Crippen molar-refractivity contribution in [1.82, 2.24) is 4.31 Å². The lowest BCUT2D eigenvalue weighted by Crippen LogP contribution is -2.57. The SMILES string of the molecule is C[C@@](O)(c1ccc(N2CCN(S(=O)(=O)c3cccs3)C[C@@H]2C[S@+]([O-])c2ccc(F)cc2)cc1)C(F)(F)F. The lowest BCUT2D eigenvalue weighted by molar-refractivity contribution is -0.258. The molecule has 3 atom stereocenters. The van der Waals surface area contributed by atoms with Crippen LogP contribution in [0.25, 0.3) is 0 Å². The maximum atomic E-state index is 13.3. The number of nitrogens with zero attached hydrogens (tertiary/aromatic N) is 2. The van der Waals surface area contributed by atoms with Crippen LogP contribution in [0, 0.1) is 5.82 Å². The van der Waals surface area contributed by atoms with E-state index in [4.69, 9.17) is 0 Å². The molecule has 0 spiro atoms. The molecule has 1 fully saturated rings. The fraction of sp³-hybridized carbons (Fsp3) is 0.333. The van der Waals surface area contributed by atoms with Crippen LogP contribution in [-0.2, 0) is 26.8 Å². The van der Waals surface area contributed by atoms with E-state index in [-0.39, 0.29) is 35.2 Å². The second kappa shape index (κ2) is 10.5. The van der Waals surface area contributed by atoms with Crippen molar-refractivity contribution in [2.45, 2.75) is 33.8 Å². The zero-order chi connectivity index (χ0) is 27.0. The van der Waals surface area contributed by atoms with Gasteiger partial charge in [-0.05, 0) is 71.5 Å². The zero-order valence-corrected chi connectivity index (χ0v) is 22.0. The second-order valence-electron chi connectivity index (χ2n) is 8.73. The van der Waals surface area contributed by atoms with Crippen LogP contribution in [-0.4, -0.2) is 60.0 Å². The first-order valence-electron chi connectivity index (χ1n) is 11.1. The van der Waals surface area contributed by atoms with E-state index in [0.717, 1.165) is 11.3 Å². The predicted octanol–water partition coefficient (Wildman–Crippen LogP) is 4.34. The summed E-state index contributed by atoms with van der Waals surface area (Å²) in [5.74, 6) is -0.479. The lowest BCUT2D eigenvalue weighted by atomic mass is 9.95. The Balaban J connectivity index is 1.62. The number of halogens is 4. The summed E-state index contributed by atoms with van der Waals surface area (Å²) < 4.78 is 94.0. The molecule has 2 heterocycles. The minimum atomic E-state index is -4.87. The molecule has 0 saturated carbocycles. The number of sulfonamides is 1. The number of piperazine rings is 1. The number of hydrogen-bond acceptors (Lipinski definition) is 6. The molecule has 6 nitrogen and oxygen atoms in total. The molecule has 0 aliphatic carbocycles. The minimum Gasteiger partial charge on any atom is -0.611 e. The highest BCUT2D eigenvalue weighted by atomic mass is 32.2. The Morgan fingerprint density at radius 1 is 1.08 bits per heavy atom. The fourth-order valence-electron chi connectivity index (χ4n) is 4.06. The number of alkyl halides is 3. The number of hydrogen-bond donors (Lipinski definition) is 1. The van der Waals surface area contributed by atoms with Crippen molar-refractivity contribution in [2.24, 2.45) is 0 Å². The summed E-state index contributed by atoms with van der Waals surface area (Å²) in [5, 5.41) is 11.6. The first kappa shape index (κ1) is 27.9. The predicted molar refractivity (Wildman–Crippen MR) is 134 cm³/mol. The van der Waals surface area contributed by atoms with Crippen molar-refractivity contribution >= 4 is 38.2 Å². The molecule has 200 valence electrons. The Hall–Kier alpha value is -2.16. The van der Waals surface area contributed by atoms with Crippen LogP contribution in [0.15, 0.2) is 75.1 Å². The molecule has 3 aromatic rings. The molecule has 0 unspecified atom stereocenters. The molecule has 1 N–H and O–H groups in total. The third-order valence-electron chi connectivity index (χ3n) is 6.27. The number of benzene rings is 2. The molecule has 0 amide bonds. The minimum absolute atomic E-state index is 0.00408. The topological polar surface area (TPSA) is 83.9 Å². The van der Waals surface area contributed by atoms with Crippen LogP contribution in [0.1, 0.15) is 12.5 Å². The average molecular weight is 577 g/mol. The molecular weight excluding hydrogens is 552 g/mol. The van der Waals surface area contributed by atoms with Gasteiger partial charge in [-0.15, -0.1) is 11.3 Å². The Morgan fingerprint density at radius 2 is 1.73 bits per heavy atom. The summed E-state index contributed by atoms with van der Waals surface area (Å²) in [6, 6.07) is 12.9. The van der Waals surface area contributed by atoms with Gasteiger partial charge >= 0.3 is 6.18 Å². The number of anilines is 1. The monoisotopic (exact) mass is 576 g/mol. The van der Waals surface area contributed by atoms with Crippen LogP contribution in [0.3, 0.4) is 0 Å². The largest absolute Gasteiger partial charge is 0.611 e. The molecule has 1 aromatic heterocycles. The smallest absolute Gasteiger partial charge is 0.421 e. The van der Waals surface area contributed by atoms with Gasteiger partial charge in [-0.1, -0.05) is 18.2 Å². The first-order valence-corrected chi connectivity index (χ1v) is 14.8. The summed E-state index contributed by atoms with van der Waals surface area (Å²) in [6.45, 7) is 0.979. The fourth-order valence-corrected chi connectivity index (χ4v) is 7.94. The van der Waals surface area contributed by atoms with E-state index < -0.39 is 44.8 Å². The first-order chi connectivity index (χ1) is 17.3. The van der Waals surface area contributed by atoms with Gasteiger partial charge in [-0.3, -0.25) is 0 Å². The van der Waals surface area contributed by atoms with Gasteiger partial charge in [0, 0.05) is 25.3 Å². The van der Waals surface area contributed by atoms with Crippen molar-refractivity contribution in [3.63, 3.8) is 0 Å². The van der Waals surface area contributed by atoms with Crippen molar-refractivity contribution < 1.29 is 35.6 Å². The average Bonchev–Trinajstić information content (AvgIpc) is 3.40. The highest BCUT2D eigenvalue weighted by molar-refractivity contribution is 7.91. The lowest BCUT2D eigenvalue weighted by Gasteiger charge is -2.41. The van der Waals surface area contributed by atoms with E-state index in [0.29, 0.717) is 17.5 Å². The van der Waals surface area contributed by atoms with Gasteiger partial charge in [0.15, 0.2) is 10.5 Å². The Labute approximate surface area is 219 Å². The summed E-state index contributed by atoms with van der Waals surface area (Å²) in [7, 11) is -3.79. The van der Waals surface area contributed by atoms with Gasteiger partial charge < -0.3 is 14.6 Å².